The lowest BCUT2D eigenvalue weighted by Crippen LogP contribution is -2.26. The number of carbonyl (C=O) groups is 1. The maximum absolute atomic E-state index is 12.9. The molecule has 0 unspecified atom stereocenters. The second kappa shape index (κ2) is 6.39. The average molecular weight is 325 g/mol. The number of aromatic nitrogens is 1. The first-order chi connectivity index (χ1) is 11.1. The van der Waals surface area contributed by atoms with Gasteiger partial charge in [-0.05, 0) is 30.2 Å². The number of hydrogen-bond acceptors (Lipinski definition) is 2. The Labute approximate surface area is 140 Å². The largest absolute Gasteiger partial charge is 0.337 e. The summed E-state index contributed by atoms with van der Waals surface area (Å²) in [5, 5.41) is 1.15. The lowest BCUT2D eigenvalue weighted by atomic mass is 10.1. The fourth-order valence-electron chi connectivity index (χ4n) is 2.64. The van der Waals surface area contributed by atoms with Gasteiger partial charge in [0.1, 0.15) is 5.15 Å². The van der Waals surface area contributed by atoms with E-state index >= 15 is 0 Å². The molecule has 116 valence electrons. The Morgan fingerprint density at radius 3 is 2.61 bits per heavy atom. The Bertz CT molecular complexity index is 876. The fraction of sp³-hybridized carbons (Fsp3) is 0.158. The maximum atomic E-state index is 12.9. The van der Waals surface area contributed by atoms with E-state index < -0.39 is 0 Å². The van der Waals surface area contributed by atoms with Gasteiger partial charge in [-0.3, -0.25) is 4.79 Å². The molecule has 0 radical (unpaired) electrons. The maximum Gasteiger partial charge on any atom is 0.254 e. The third-order valence-corrected chi connectivity index (χ3v) is 4.12. The molecular formula is C19H17ClN2O. The second-order valence-electron chi connectivity index (χ2n) is 5.60. The van der Waals surface area contributed by atoms with Crippen molar-refractivity contribution in [2.24, 2.45) is 0 Å². The number of aryl methyl sites for hydroxylation is 1. The summed E-state index contributed by atoms with van der Waals surface area (Å²) in [5.74, 6) is -0.0613. The molecule has 23 heavy (non-hydrogen) atoms. The van der Waals surface area contributed by atoms with Crippen LogP contribution in [0.3, 0.4) is 0 Å². The molecule has 0 saturated carbocycles. The minimum atomic E-state index is -0.0613. The molecular weight excluding hydrogens is 308 g/mol. The number of carbonyl (C=O) groups excluding carboxylic acids is 1. The summed E-state index contributed by atoms with van der Waals surface area (Å²) >= 11 is 6.08. The van der Waals surface area contributed by atoms with Crippen LogP contribution in [-0.2, 0) is 6.54 Å². The number of fused-ring (bicyclic) bond motifs is 1. The van der Waals surface area contributed by atoms with E-state index in [1.54, 1.807) is 18.0 Å². The van der Waals surface area contributed by atoms with E-state index in [1.165, 1.54) is 5.56 Å². The van der Waals surface area contributed by atoms with E-state index in [9.17, 15) is 4.79 Å². The number of amides is 1. The van der Waals surface area contributed by atoms with Gasteiger partial charge in [-0.2, -0.15) is 0 Å². The lowest BCUT2D eigenvalue weighted by molar-refractivity contribution is 0.0787. The van der Waals surface area contributed by atoms with E-state index in [0.717, 1.165) is 16.5 Å². The zero-order valence-electron chi connectivity index (χ0n) is 13.1. The third kappa shape index (κ3) is 3.20. The van der Waals surface area contributed by atoms with Gasteiger partial charge in [-0.25, -0.2) is 4.98 Å². The van der Waals surface area contributed by atoms with Crippen molar-refractivity contribution in [2.45, 2.75) is 13.5 Å². The minimum absolute atomic E-state index is 0.0613. The predicted octanol–water partition coefficient (Wildman–Crippen LogP) is 4.47. The van der Waals surface area contributed by atoms with Crippen LogP contribution in [0.25, 0.3) is 10.9 Å². The number of pyridine rings is 1. The molecule has 0 aliphatic heterocycles. The number of para-hydroxylation sites is 1. The molecule has 1 heterocycles. The highest BCUT2D eigenvalue weighted by molar-refractivity contribution is 6.30. The van der Waals surface area contributed by atoms with Gasteiger partial charge < -0.3 is 4.90 Å². The first kappa shape index (κ1) is 15.5. The molecule has 0 saturated heterocycles. The van der Waals surface area contributed by atoms with Crippen molar-refractivity contribution in [2.75, 3.05) is 7.05 Å². The van der Waals surface area contributed by atoms with Crippen molar-refractivity contribution in [1.82, 2.24) is 9.88 Å². The Morgan fingerprint density at radius 1 is 1.13 bits per heavy atom. The molecule has 3 nitrogen and oxygen atoms in total. The van der Waals surface area contributed by atoms with Crippen LogP contribution in [0.5, 0.6) is 0 Å². The van der Waals surface area contributed by atoms with Crippen molar-refractivity contribution in [3.05, 3.63) is 76.4 Å². The first-order valence-electron chi connectivity index (χ1n) is 7.41. The smallest absolute Gasteiger partial charge is 0.254 e. The van der Waals surface area contributed by atoms with Crippen molar-refractivity contribution in [3.8, 4) is 0 Å². The number of nitrogens with zero attached hydrogens (tertiary/aromatic N) is 2. The van der Waals surface area contributed by atoms with Crippen LogP contribution >= 0.6 is 11.6 Å². The third-order valence-electron chi connectivity index (χ3n) is 3.93. The van der Waals surface area contributed by atoms with Gasteiger partial charge in [0, 0.05) is 19.0 Å². The number of benzene rings is 2. The summed E-state index contributed by atoms with van der Waals surface area (Å²) in [4.78, 5) is 18.8. The van der Waals surface area contributed by atoms with Crippen LogP contribution in [0.1, 0.15) is 21.5 Å². The Morgan fingerprint density at radius 2 is 1.83 bits per heavy atom. The zero-order chi connectivity index (χ0) is 16.4. The molecule has 0 spiro atoms. The van der Waals surface area contributed by atoms with Gasteiger partial charge in [0.15, 0.2) is 0 Å². The quantitative estimate of drug-likeness (QED) is 0.666. The van der Waals surface area contributed by atoms with Gasteiger partial charge in [0.2, 0.25) is 0 Å². The van der Waals surface area contributed by atoms with Crippen LogP contribution in [0.15, 0.2) is 54.6 Å². The van der Waals surface area contributed by atoms with Crippen molar-refractivity contribution < 1.29 is 4.79 Å². The summed E-state index contributed by atoms with van der Waals surface area (Å²) < 4.78 is 0. The van der Waals surface area contributed by atoms with E-state index in [0.29, 0.717) is 17.3 Å². The van der Waals surface area contributed by atoms with E-state index in [2.05, 4.69) is 4.98 Å². The molecule has 1 amide bonds. The number of rotatable bonds is 3. The summed E-state index contributed by atoms with van der Waals surface area (Å²) in [7, 11) is 1.80. The molecule has 1 aromatic heterocycles. The summed E-state index contributed by atoms with van der Waals surface area (Å²) in [6.45, 7) is 2.60. The molecule has 4 heteroatoms. The SMILES string of the molecule is Cc1ccccc1CN(C)C(=O)c1cc(Cl)nc2ccccc12. The Hall–Kier alpha value is -2.39. The topological polar surface area (TPSA) is 33.2 Å². The number of halogens is 1. The lowest BCUT2D eigenvalue weighted by Gasteiger charge is -2.19. The molecule has 0 N–H and O–H groups in total. The summed E-state index contributed by atoms with van der Waals surface area (Å²) in [6.07, 6.45) is 0. The molecule has 2 aromatic carbocycles. The van der Waals surface area contributed by atoms with Crippen LogP contribution in [0, 0.1) is 6.92 Å². The minimum Gasteiger partial charge on any atom is -0.337 e. The van der Waals surface area contributed by atoms with Gasteiger partial charge >= 0.3 is 0 Å². The normalized spacial score (nSPS) is 10.7. The summed E-state index contributed by atoms with van der Waals surface area (Å²) in [6, 6.07) is 17.2. The molecule has 0 aliphatic rings. The van der Waals surface area contributed by atoms with Crippen LogP contribution in [0.4, 0.5) is 0 Å². The summed E-state index contributed by atoms with van der Waals surface area (Å²) in [5.41, 5.74) is 3.61. The Kier molecular flexibility index (Phi) is 4.30. The highest BCUT2D eigenvalue weighted by Gasteiger charge is 2.17. The van der Waals surface area contributed by atoms with Crippen LogP contribution < -0.4 is 0 Å². The van der Waals surface area contributed by atoms with Gasteiger partial charge in [0.25, 0.3) is 5.91 Å². The van der Waals surface area contributed by atoms with Gasteiger partial charge in [0.05, 0.1) is 11.1 Å². The van der Waals surface area contributed by atoms with Crippen molar-refractivity contribution >= 4 is 28.4 Å². The van der Waals surface area contributed by atoms with E-state index in [1.807, 2.05) is 55.5 Å². The average Bonchev–Trinajstić information content (AvgIpc) is 2.55. The molecule has 0 bridgehead atoms. The molecule has 0 fully saturated rings. The zero-order valence-corrected chi connectivity index (χ0v) is 13.8. The van der Waals surface area contributed by atoms with Gasteiger partial charge in [-0.15, -0.1) is 0 Å². The van der Waals surface area contributed by atoms with Crippen molar-refractivity contribution in [1.29, 1.82) is 0 Å². The van der Waals surface area contributed by atoms with Crippen LogP contribution in [0.2, 0.25) is 5.15 Å². The van der Waals surface area contributed by atoms with Crippen LogP contribution in [-0.4, -0.2) is 22.8 Å². The predicted molar refractivity (Wildman–Crippen MR) is 93.7 cm³/mol. The highest BCUT2D eigenvalue weighted by Crippen LogP contribution is 2.22. The monoisotopic (exact) mass is 324 g/mol. The highest BCUT2D eigenvalue weighted by atomic mass is 35.5. The molecule has 3 rings (SSSR count). The standard InChI is InChI=1S/C19H17ClN2O/c1-13-7-3-4-8-14(13)12-22(2)19(23)16-11-18(20)21-17-10-6-5-9-15(16)17/h3-11H,12H2,1-2H3. The van der Waals surface area contributed by atoms with E-state index in [4.69, 9.17) is 11.6 Å². The molecule has 3 aromatic rings. The Balaban J connectivity index is 1.95. The van der Waals surface area contributed by atoms with E-state index in [-0.39, 0.29) is 5.91 Å². The molecule has 0 atom stereocenters. The fourth-order valence-corrected chi connectivity index (χ4v) is 2.84. The number of hydrogen-bond donors (Lipinski definition) is 0. The van der Waals surface area contributed by atoms with Gasteiger partial charge in [-0.1, -0.05) is 54.1 Å². The van der Waals surface area contributed by atoms with Crippen molar-refractivity contribution in [3.63, 3.8) is 0 Å². The molecule has 0 aliphatic carbocycles. The second-order valence-corrected chi connectivity index (χ2v) is 5.98. The first-order valence-corrected chi connectivity index (χ1v) is 7.79.